The van der Waals surface area contributed by atoms with Gasteiger partial charge in [0.2, 0.25) is 0 Å². The van der Waals surface area contributed by atoms with Crippen LogP contribution in [0.5, 0.6) is 0 Å². The van der Waals surface area contributed by atoms with Crippen molar-refractivity contribution in [2.24, 2.45) is 7.05 Å². The second kappa shape index (κ2) is 6.45. The lowest BCUT2D eigenvalue weighted by molar-refractivity contribution is 0.102. The number of amides is 1. The molecule has 6 nitrogen and oxygen atoms in total. The van der Waals surface area contributed by atoms with Gasteiger partial charge in [-0.15, -0.1) is 11.3 Å². The maximum absolute atomic E-state index is 12.4. The van der Waals surface area contributed by atoms with E-state index in [1.807, 2.05) is 37.6 Å². The Hall–Kier alpha value is -2.67. The molecule has 3 rings (SSSR count). The zero-order valence-electron chi connectivity index (χ0n) is 13.7. The maximum Gasteiger partial charge on any atom is 0.275 e. The summed E-state index contributed by atoms with van der Waals surface area (Å²) >= 11 is 1.43. The van der Waals surface area contributed by atoms with E-state index in [1.165, 1.54) is 22.0 Å². The summed E-state index contributed by atoms with van der Waals surface area (Å²) in [4.78, 5) is 28.4. The highest BCUT2D eigenvalue weighted by Gasteiger charge is 2.14. The molecule has 1 N–H and O–H groups in total. The number of nitrogens with one attached hydrogen (secondary N) is 1. The van der Waals surface area contributed by atoms with Crippen molar-refractivity contribution < 1.29 is 4.79 Å². The second-order valence-electron chi connectivity index (χ2n) is 5.45. The predicted octanol–water partition coefficient (Wildman–Crippen LogP) is 2.89. The molecule has 0 saturated heterocycles. The average Bonchev–Trinajstić information content (AvgIpc) is 3.17. The van der Waals surface area contributed by atoms with E-state index in [0.29, 0.717) is 17.9 Å². The van der Waals surface area contributed by atoms with Gasteiger partial charge in [0.1, 0.15) is 10.7 Å². The lowest BCUT2D eigenvalue weighted by Crippen LogP contribution is -2.19. The van der Waals surface area contributed by atoms with E-state index in [1.54, 1.807) is 17.6 Å². The highest BCUT2D eigenvalue weighted by atomic mass is 32.1. The van der Waals surface area contributed by atoms with E-state index in [0.717, 1.165) is 16.4 Å². The van der Waals surface area contributed by atoms with E-state index in [9.17, 15) is 9.59 Å². The molecule has 0 unspecified atom stereocenters. The fraction of sp³-hybridized carbons (Fsp3) is 0.235. The number of thiazole rings is 1. The summed E-state index contributed by atoms with van der Waals surface area (Å²) in [5.41, 5.74) is 2.96. The maximum atomic E-state index is 12.4. The van der Waals surface area contributed by atoms with Crippen molar-refractivity contribution in [2.45, 2.75) is 20.4 Å². The monoisotopic (exact) mass is 342 g/mol. The molecule has 0 fully saturated rings. The predicted molar refractivity (Wildman–Crippen MR) is 95.6 cm³/mol. The molecular weight excluding hydrogens is 324 g/mol. The van der Waals surface area contributed by atoms with Crippen molar-refractivity contribution in [3.05, 3.63) is 57.6 Å². The van der Waals surface area contributed by atoms with Crippen molar-refractivity contribution in [1.29, 1.82) is 0 Å². The molecule has 3 heterocycles. The Morgan fingerprint density at radius 2 is 2.08 bits per heavy atom. The summed E-state index contributed by atoms with van der Waals surface area (Å²) in [5, 5.41) is 5.32. The van der Waals surface area contributed by atoms with Crippen LogP contribution >= 0.6 is 11.3 Å². The summed E-state index contributed by atoms with van der Waals surface area (Å²) in [6, 6.07) is 7.05. The van der Waals surface area contributed by atoms with Crippen molar-refractivity contribution in [3.63, 3.8) is 0 Å². The van der Waals surface area contributed by atoms with Gasteiger partial charge in [0, 0.05) is 36.9 Å². The quantitative estimate of drug-likeness (QED) is 0.793. The Morgan fingerprint density at radius 1 is 1.29 bits per heavy atom. The fourth-order valence-electron chi connectivity index (χ4n) is 2.37. The third kappa shape index (κ3) is 3.03. The van der Waals surface area contributed by atoms with E-state index in [-0.39, 0.29) is 11.5 Å². The highest BCUT2D eigenvalue weighted by Crippen LogP contribution is 2.25. The smallest absolute Gasteiger partial charge is 0.275 e. The van der Waals surface area contributed by atoms with Crippen LogP contribution in [-0.4, -0.2) is 20.0 Å². The molecule has 0 aliphatic rings. The Labute approximate surface area is 143 Å². The zero-order valence-corrected chi connectivity index (χ0v) is 14.6. The molecule has 3 aromatic heterocycles. The Balaban J connectivity index is 1.81. The summed E-state index contributed by atoms with van der Waals surface area (Å²) in [5.74, 6) is -0.287. The first-order valence-corrected chi connectivity index (χ1v) is 8.47. The van der Waals surface area contributed by atoms with Crippen LogP contribution < -0.4 is 10.9 Å². The minimum Gasteiger partial charge on any atom is -0.346 e. The number of rotatable bonds is 4. The van der Waals surface area contributed by atoms with Gasteiger partial charge in [0.15, 0.2) is 0 Å². The molecule has 0 saturated carbocycles. The fourth-order valence-corrected chi connectivity index (χ4v) is 3.23. The Morgan fingerprint density at radius 3 is 2.75 bits per heavy atom. The van der Waals surface area contributed by atoms with Gasteiger partial charge in [-0.2, -0.15) is 0 Å². The molecule has 0 atom stereocenters. The van der Waals surface area contributed by atoms with E-state index in [2.05, 4.69) is 10.3 Å². The molecule has 7 heteroatoms. The van der Waals surface area contributed by atoms with Crippen LogP contribution in [-0.2, 0) is 13.6 Å². The Kier molecular flexibility index (Phi) is 4.35. The number of nitrogens with zero attached hydrogens (tertiary/aromatic N) is 3. The molecule has 24 heavy (non-hydrogen) atoms. The minimum absolute atomic E-state index is 0.0921. The third-order valence-electron chi connectivity index (χ3n) is 3.91. The van der Waals surface area contributed by atoms with Crippen molar-refractivity contribution in [2.75, 3.05) is 5.32 Å². The molecule has 3 aromatic rings. The standard InChI is InChI=1S/C17H18N4O2S/c1-4-21-9-12(6-8-15(21)22)18-16(23)13-10-24-17(19-13)14-7-5-11(2)20(14)3/h5-10H,4H2,1-3H3,(H,18,23). The first-order valence-electron chi connectivity index (χ1n) is 7.59. The zero-order chi connectivity index (χ0) is 17.3. The second-order valence-corrected chi connectivity index (χ2v) is 6.31. The number of hydrogen-bond acceptors (Lipinski definition) is 4. The molecule has 0 bridgehead atoms. The number of aromatic nitrogens is 3. The molecule has 0 aliphatic carbocycles. The van der Waals surface area contributed by atoms with Gasteiger partial charge >= 0.3 is 0 Å². The van der Waals surface area contributed by atoms with Crippen LogP contribution in [0.3, 0.4) is 0 Å². The first-order chi connectivity index (χ1) is 11.5. The normalized spacial score (nSPS) is 10.8. The van der Waals surface area contributed by atoms with Crippen molar-refractivity contribution in [1.82, 2.24) is 14.1 Å². The SMILES string of the molecule is CCn1cc(NC(=O)c2csc(-c3ccc(C)n3C)n2)ccc1=O. The van der Waals surface area contributed by atoms with Crippen LogP contribution in [0.4, 0.5) is 5.69 Å². The highest BCUT2D eigenvalue weighted by molar-refractivity contribution is 7.13. The van der Waals surface area contributed by atoms with Gasteiger partial charge in [-0.05, 0) is 32.0 Å². The van der Waals surface area contributed by atoms with Crippen molar-refractivity contribution in [3.8, 4) is 10.7 Å². The van der Waals surface area contributed by atoms with E-state index >= 15 is 0 Å². The van der Waals surface area contributed by atoms with Gasteiger partial charge in [-0.3, -0.25) is 9.59 Å². The van der Waals surface area contributed by atoms with Crippen LogP contribution in [0, 0.1) is 6.92 Å². The molecule has 124 valence electrons. The molecular formula is C17H18N4O2S. The van der Waals surface area contributed by atoms with Gasteiger partial charge in [0.25, 0.3) is 11.5 Å². The molecule has 0 aromatic carbocycles. The molecule has 0 spiro atoms. The number of anilines is 1. The number of hydrogen-bond donors (Lipinski definition) is 1. The summed E-state index contributed by atoms with van der Waals surface area (Å²) in [6.07, 6.45) is 1.63. The topological polar surface area (TPSA) is 68.9 Å². The Bertz CT molecular complexity index is 952. The van der Waals surface area contributed by atoms with Crippen LogP contribution in [0.25, 0.3) is 10.7 Å². The van der Waals surface area contributed by atoms with E-state index in [4.69, 9.17) is 0 Å². The van der Waals surface area contributed by atoms with Crippen LogP contribution in [0.1, 0.15) is 23.1 Å². The molecule has 0 radical (unpaired) electrons. The van der Waals surface area contributed by atoms with Crippen LogP contribution in [0.2, 0.25) is 0 Å². The lowest BCUT2D eigenvalue weighted by atomic mass is 10.3. The number of carbonyl (C=O) groups is 1. The molecule has 0 aliphatic heterocycles. The summed E-state index contributed by atoms with van der Waals surface area (Å²) in [7, 11) is 1.97. The summed E-state index contributed by atoms with van der Waals surface area (Å²) < 4.78 is 3.58. The van der Waals surface area contributed by atoms with Gasteiger partial charge in [-0.25, -0.2) is 4.98 Å². The van der Waals surface area contributed by atoms with Gasteiger partial charge in [0.05, 0.1) is 11.4 Å². The van der Waals surface area contributed by atoms with Crippen molar-refractivity contribution >= 4 is 22.9 Å². The largest absolute Gasteiger partial charge is 0.346 e. The average molecular weight is 342 g/mol. The number of pyridine rings is 1. The third-order valence-corrected chi connectivity index (χ3v) is 4.78. The lowest BCUT2D eigenvalue weighted by Gasteiger charge is -2.06. The summed E-state index contributed by atoms with van der Waals surface area (Å²) in [6.45, 7) is 4.45. The van der Waals surface area contributed by atoms with Gasteiger partial charge < -0.3 is 14.5 Å². The molecule has 1 amide bonds. The first kappa shape index (κ1) is 16.2. The minimum atomic E-state index is -0.287. The van der Waals surface area contributed by atoms with Gasteiger partial charge in [-0.1, -0.05) is 0 Å². The van der Waals surface area contributed by atoms with Crippen LogP contribution in [0.15, 0.2) is 40.6 Å². The van der Waals surface area contributed by atoms with E-state index < -0.39 is 0 Å². The number of aryl methyl sites for hydroxylation is 2. The number of carbonyl (C=O) groups excluding carboxylic acids is 1.